The van der Waals surface area contributed by atoms with Crippen molar-refractivity contribution in [2.24, 2.45) is 0 Å². The van der Waals surface area contributed by atoms with Crippen LogP contribution in [0.25, 0.3) is 0 Å². The average molecular weight is 82.1 g/mol. The van der Waals surface area contributed by atoms with E-state index in [9.17, 15) is 0 Å². The van der Waals surface area contributed by atoms with Crippen molar-refractivity contribution in [3.63, 3.8) is 0 Å². The summed E-state index contributed by atoms with van der Waals surface area (Å²) in [6.45, 7) is 0. The minimum atomic E-state index is 0. The van der Waals surface area contributed by atoms with E-state index in [1.165, 1.54) is 0 Å². The zero-order chi connectivity index (χ0) is 2.71. The van der Waals surface area contributed by atoms with Crippen molar-refractivity contribution < 1.29 is 5.48 Å². The topological polar surface area (TPSA) is 30.0 Å². The Morgan fingerprint density at radius 2 is 1.75 bits per heavy atom. The van der Waals surface area contributed by atoms with E-state index in [0.717, 1.165) is 35.8 Å². The molecule has 0 saturated heterocycles. The zero-order valence-corrected chi connectivity index (χ0v) is 4.44. The molecule has 2 heteroatoms. The van der Waals surface area contributed by atoms with Crippen LogP contribution in [-0.2, 0) is 0 Å². The maximum Gasteiger partial charge on any atom is -0.870 e. The van der Waals surface area contributed by atoms with E-state index >= 15 is 0 Å². The third-order valence-corrected chi connectivity index (χ3v) is 0. The Morgan fingerprint density at radius 3 is 1.75 bits per heavy atom. The largest absolute Gasteiger partial charge is 0.870 e. The molecule has 0 amide bonds. The Bertz CT molecular complexity index is 27.5. The van der Waals surface area contributed by atoms with E-state index in [1.807, 2.05) is 0 Å². The van der Waals surface area contributed by atoms with Gasteiger partial charge in [-0.15, -0.1) is 0 Å². The molecule has 18 valence electrons. The standard InChI is InChI=1S/C2H.Ca.H2O/c1-2;;/h1H;;1H2/q;+1;/p-1. The first-order valence-electron chi connectivity index (χ1n) is 0.642. The molecule has 0 bridgehead atoms. The smallest absolute Gasteiger partial charge is 0.870 e. The SMILES string of the molecule is C#[C][Ca+].[OH-]. The second-order valence-corrected chi connectivity index (χ2v) is 0.842. The van der Waals surface area contributed by atoms with Crippen LogP contribution in [0.4, 0.5) is 0 Å². The molecule has 0 aliphatic rings. The predicted molar refractivity (Wildman–Crippen MR) is 16.5 cm³/mol. The van der Waals surface area contributed by atoms with Gasteiger partial charge in [0.05, 0.1) is 0 Å². The Balaban J connectivity index is 0. The van der Waals surface area contributed by atoms with Crippen LogP contribution in [0.5, 0.6) is 0 Å². The summed E-state index contributed by atoms with van der Waals surface area (Å²) < 4.78 is 2.38. The van der Waals surface area contributed by atoms with Crippen molar-refractivity contribution in [2.75, 3.05) is 0 Å². The number of hydrogen-bond donors (Lipinski definition) is 0. The molecule has 0 aromatic carbocycles. The molecule has 0 fully saturated rings. The summed E-state index contributed by atoms with van der Waals surface area (Å²) in [6, 6.07) is 0. The third kappa shape index (κ3) is 14.5. The van der Waals surface area contributed by atoms with Crippen molar-refractivity contribution in [1.29, 1.82) is 0 Å². The quantitative estimate of drug-likeness (QED) is 0.288. The molecule has 1 nitrogen and oxygen atoms in total. The Labute approximate surface area is 49.3 Å². The average Bonchev–Trinajstić information content (AvgIpc) is 0.918. The van der Waals surface area contributed by atoms with Gasteiger partial charge in [-0.2, -0.15) is 0 Å². The summed E-state index contributed by atoms with van der Waals surface area (Å²) in [5, 5.41) is 0. The summed E-state index contributed by atoms with van der Waals surface area (Å²) in [4.78, 5) is 0. The molecule has 4 heavy (non-hydrogen) atoms. The van der Waals surface area contributed by atoms with Crippen LogP contribution < -0.4 is 0 Å². The number of rotatable bonds is 0. The van der Waals surface area contributed by atoms with E-state index in [2.05, 4.69) is 8.44 Å². The van der Waals surface area contributed by atoms with Crippen LogP contribution in [0.15, 0.2) is 0 Å². The van der Waals surface area contributed by atoms with Gasteiger partial charge in [0.15, 0.2) is 0 Å². The summed E-state index contributed by atoms with van der Waals surface area (Å²) in [6.07, 6.45) is 4.65. The van der Waals surface area contributed by atoms with Crippen LogP contribution in [0.2, 0.25) is 0 Å². The van der Waals surface area contributed by atoms with Crippen LogP contribution in [0.3, 0.4) is 0 Å². The molecule has 0 rings (SSSR count). The fourth-order valence-electron chi connectivity index (χ4n) is 0. The molecule has 0 atom stereocenters. The zero-order valence-electron chi connectivity index (χ0n) is 2.23. The van der Waals surface area contributed by atoms with Crippen molar-refractivity contribution in [3.05, 3.63) is 0 Å². The van der Waals surface area contributed by atoms with E-state index < -0.39 is 0 Å². The minimum absolute atomic E-state index is 0. The van der Waals surface area contributed by atoms with Gasteiger partial charge < -0.3 is 5.48 Å². The summed E-state index contributed by atoms with van der Waals surface area (Å²) in [5.41, 5.74) is 0. The second kappa shape index (κ2) is 9.22. The van der Waals surface area contributed by atoms with E-state index in [4.69, 9.17) is 0 Å². The summed E-state index contributed by atoms with van der Waals surface area (Å²) >= 11 is 0.972. The predicted octanol–water partition coefficient (Wildman–Crippen LogP) is -0.431. The molecule has 0 radical (unpaired) electrons. The molecule has 0 aliphatic carbocycles. The number of hydrogen-bond acceptors (Lipinski definition) is 1. The van der Waals surface area contributed by atoms with Gasteiger partial charge in [0.1, 0.15) is 0 Å². The van der Waals surface area contributed by atoms with Gasteiger partial charge >= 0.3 is 44.2 Å². The molecule has 0 spiro atoms. The fraction of sp³-hybridized carbons (Fsp3) is 0. The second-order valence-electron chi connectivity index (χ2n) is 0.204. The van der Waals surface area contributed by atoms with Crippen LogP contribution in [0, 0.1) is 8.44 Å². The van der Waals surface area contributed by atoms with Gasteiger partial charge in [-0.25, -0.2) is 0 Å². The van der Waals surface area contributed by atoms with E-state index in [0.29, 0.717) is 0 Å². The molecular formula is C2H2CaO. The number of terminal acetylenes is 1. The molecule has 0 saturated carbocycles. The third-order valence-electron chi connectivity index (χ3n) is 0. The molecular weight excluding hydrogens is 80.1 g/mol. The molecule has 1 N–H and O–H groups in total. The minimum Gasteiger partial charge on any atom is -0.870 e. The normalized spacial score (nSPS) is 2.25. The monoisotopic (exact) mass is 82.0 g/mol. The first-order chi connectivity index (χ1) is 1.41. The van der Waals surface area contributed by atoms with Crippen LogP contribution in [0.1, 0.15) is 0 Å². The van der Waals surface area contributed by atoms with Crippen molar-refractivity contribution >= 4 is 35.8 Å². The summed E-state index contributed by atoms with van der Waals surface area (Å²) in [5.74, 6) is 0. The molecule has 0 heterocycles. The van der Waals surface area contributed by atoms with Crippen molar-refractivity contribution in [2.45, 2.75) is 0 Å². The van der Waals surface area contributed by atoms with Gasteiger partial charge in [0, 0.05) is 0 Å². The van der Waals surface area contributed by atoms with Crippen LogP contribution in [-0.4, -0.2) is 41.3 Å². The van der Waals surface area contributed by atoms with Gasteiger partial charge in [-0.05, 0) is 0 Å². The molecule has 0 aromatic rings. The maximum absolute atomic E-state index is 4.65. The molecule has 0 unspecified atom stereocenters. The fourth-order valence-corrected chi connectivity index (χ4v) is 0. The maximum atomic E-state index is 4.65. The first-order valence-corrected chi connectivity index (χ1v) is 1.75. The summed E-state index contributed by atoms with van der Waals surface area (Å²) in [7, 11) is 0. The first kappa shape index (κ1) is 8.84. The Hall–Kier alpha value is 0.780. The van der Waals surface area contributed by atoms with E-state index in [-0.39, 0.29) is 5.48 Å². The Kier molecular flexibility index (Phi) is 20.4. The van der Waals surface area contributed by atoms with Crippen molar-refractivity contribution in [3.8, 4) is 8.44 Å². The molecule has 0 aliphatic heterocycles. The molecule has 0 aromatic heterocycles. The van der Waals surface area contributed by atoms with E-state index in [1.54, 1.807) is 0 Å². The van der Waals surface area contributed by atoms with Crippen LogP contribution >= 0.6 is 0 Å². The van der Waals surface area contributed by atoms with Gasteiger partial charge in [-0.3, -0.25) is 0 Å². The van der Waals surface area contributed by atoms with Gasteiger partial charge in [0.2, 0.25) is 0 Å². The van der Waals surface area contributed by atoms with Gasteiger partial charge in [-0.1, -0.05) is 0 Å². The van der Waals surface area contributed by atoms with Gasteiger partial charge in [0.25, 0.3) is 0 Å². The Morgan fingerprint density at radius 1 is 1.75 bits per heavy atom. The van der Waals surface area contributed by atoms with Crippen molar-refractivity contribution in [1.82, 2.24) is 0 Å².